The number of thiophene rings is 1. The number of nitrogens with one attached hydrogen (secondary N) is 1. The molecule has 1 saturated heterocycles. The molecule has 1 unspecified atom stereocenters. The molecule has 2 rings (SSSR count). The maximum atomic E-state index is 12.2. The summed E-state index contributed by atoms with van der Waals surface area (Å²) < 4.78 is 28.1. The molecule has 0 amide bonds. The van der Waals surface area contributed by atoms with Gasteiger partial charge in [-0.15, -0.1) is 11.3 Å². The van der Waals surface area contributed by atoms with Gasteiger partial charge in [-0.3, -0.25) is 0 Å². The van der Waals surface area contributed by atoms with Crippen molar-refractivity contribution in [3.63, 3.8) is 0 Å². The van der Waals surface area contributed by atoms with Crippen molar-refractivity contribution in [1.29, 1.82) is 0 Å². The highest BCUT2D eigenvalue weighted by Gasteiger charge is 2.20. The zero-order chi connectivity index (χ0) is 15.5. The minimum absolute atomic E-state index is 0.394. The number of piperidine rings is 1. The van der Waals surface area contributed by atoms with E-state index in [2.05, 4.69) is 32.5 Å². The van der Waals surface area contributed by atoms with Gasteiger partial charge in [0.1, 0.15) is 0 Å². The lowest BCUT2D eigenvalue weighted by molar-refractivity contribution is 0.159. The van der Waals surface area contributed by atoms with Gasteiger partial charge in [0.15, 0.2) is 0 Å². The van der Waals surface area contributed by atoms with Crippen molar-refractivity contribution < 1.29 is 8.42 Å². The second-order valence-corrected chi connectivity index (χ2v) is 9.97. The SMILES string of the molecule is Cc1sc(Br)cc1S(=O)(=O)NCCCN1CCCCC1C. The molecule has 0 radical (unpaired) electrons. The van der Waals surface area contributed by atoms with E-state index in [0.717, 1.165) is 28.2 Å². The zero-order valence-corrected chi connectivity index (χ0v) is 15.8. The fraction of sp³-hybridized carbons (Fsp3) is 0.714. The van der Waals surface area contributed by atoms with E-state index in [1.807, 2.05) is 6.92 Å². The second kappa shape index (κ2) is 7.55. The first-order valence-electron chi connectivity index (χ1n) is 7.40. The van der Waals surface area contributed by atoms with Crippen molar-refractivity contribution in [1.82, 2.24) is 9.62 Å². The Labute approximate surface area is 140 Å². The maximum absolute atomic E-state index is 12.2. The zero-order valence-electron chi connectivity index (χ0n) is 12.6. The number of hydrogen-bond donors (Lipinski definition) is 1. The lowest BCUT2D eigenvalue weighted by Gasteiger charge is -2.33. The molecule has 1 N–H and O–H groups in total. The van der Waals surface area contributed by atoms with Gasteiger partial charge < -0.3 is 4.90 Å². The Morgan fingerprint density at radius 1 is 1.48 bits per heavy atom. The second-order valence-electron chi connectivity index (χ2n) is 5.60. The van der Waals surface area contributed by atoms with Gasteiger partial charge in [-0.2, -0.15) is 0 Å². The molecule has 0 aliphatic carbocycles. The molecule has 1 aromatic heterocycles. The van der Waals surface area contributed by atoms with Gasteiger partial charge in [-0.1, -0.05) is 6.42 Å². The fourth-order valence-corrected chi connectivity index (χ4v) is 6.24. The molecule has 0 bridgehead atoms. The van der Waals surface area contributed by atoms with Gasteiger partial charge in [-0.05, 0) is 68.2 Å². The Bertz CT molecular complexity index is 572. The van der Waals surface area contributed by atoms with E-state index in [9.17, 15) is 8.42 Å². The standard InChI is InChI=1S/C14H23BrN2O2S2/c1-11-6-3-4-8-17(11)9-5-7-16-21(18,19)13-10-14(15)20-12(13)2/h10-11,16H,3-9H2,1-2H3. The number of nitrogens with zero attached hydrogens (tertiary/aromatic N) is 1. The number of halogens is 1. The topological polar surface area (TPSA) is 49.4 Å². The van der Waals surface area contributed by atoms with E-state index >= 15 is 0 Å². The predicted molar refractivity (Wildman–Crippen MR) is 91.4 cm³/mol. The van der Waals surface area contributed by atoms with Crippen molar-refractivity contribution in [2.45, 2.75) is 50.5 Å². The van der Waals surface area contributed by atoms with Crippen LogP contribution in [0.25, 0.3) is 0 Å². The van der Waals surface area contributed by atoms with Crippen LogP contribution < -0.4 is 4.72 Å². The molecular weight excluding hydrogens is 372 g/mol. The Hall–Kier alpha value is 0.0500. The normalized spacial score (nSPS) is 20.8. The molecule has 2 heterocycles. The highest BCUT2D eigenvalue weighted by molar-refractivity contribution is 9.11. The smallest absolute Gasteiger partial charge is 0.241 e. The molecule has 1 fully saturated rings. The van der Waals surface area contributed by atoms with Crippen LogP contribution in [-0.4, -0.2) is 39.0 Å². The van der Waals surface area contributed by atoms with Gasteiger partial charge in [0.2, 0.25) is 10.0 Å². The van der Waals surface area contributed by atoms with Crippen LogP contribution in [0.15, 0.2) is 14.7 Å². The minimum Gasteiger partial charge on any atom is -0.301 e. The van der Waals surface area contributed by atoms with E-state index in [1.54, 1.807) is 6.07 Å². The van der Waals surface area contributed by atoms with Crippen LogP contribution in [0.3, 0.4) is 0 Å². The third-order valence-electron chi connectivity index (χ3n) is 3.99. The molecule has 1 aliphatic heterocycles. The molecule has 120 valence electrons. The lowest BCUT2D eigenvalue weighted by atomic mass is 10.0. The summed E-state index contributed by atoms with van der Waals surface area (Å²) in [5, 5.41) is 0. The van der Waals surface area contributed by atoms with Gasteiger partial charge in [0, 0.05) is 17.5 Å². The number of rotatable bonds is 6. The summed E-state index contributed by atoms with van der Waals surface area (Å²) in [6.45, 7) is 6.70. The number of aryl methyl sites for hydroxylation is 1. The quantitative estimate of drug-likeness (QED) is 0.752. The molecule has 0 spiro atoms. The van der Waals surface area contributed by atoms with Gasteiger partial charge in [0.25, 0.3) is 0 Å². The summed E-state index contributed by atoms with van der Waals surface area (Å²) in [7, 11) is -3.37. The maximum Gasteiger partial charge on any atom is 0.241 e. The fourth-order valence-electron chi connectivity index (χ4n) is 2.75. The largest absolute Gasteiger partial charge is 0.301 e. The minimum atomic E-state index is -3.37. The summed E-state index contributed by atoms with van der Waals surface area (Å²) >= 11 is 4.78. The van der Waals surface area contributed by atoms with Crippen LogP contribution in [0.4, 0.5) is 0 Å². The van der Waals surface area contributed by atoms with Gasteiger partial charge in [-0.25, -0.2) is 13.1 Å². The number of sulfonamides is 1. The van der Waals surface area contributed by atoms with Crippen LogP contribution >= 0.6 is 27.3 Å². The Kier molecular flexibility index (Phi) is 6.25. The number of likely N-dealkylation sites (tertiary alicyclic amines) is 1. The van der Waals surface area contributed by atoms with Crippen LogP contribution in [0.2, 0.25) is 0 Å². The summed E-state index contributed by atoms with van der Waals surface area (Å²) in [6, 6.07) is 2.31. The third-order valence-corrected chi connectivity index (χ3v) is 7.26. The first-order chi connectivity index (χ1) is 9.90. The number of hydrogen-bond acceptors (Lipinski definition) is 4. The highest BCUT2D eigenvalue weighted by atomic mass is 79.9. The Balaban J connectivity index is 1.81. The summed E-state index contributed by atoms with van der Waals surface area (Å²) in [6.07, 6.45) is 4.69. The molecule has 4 nitrogen and oxygen atoms in total. The monoisotopic (exact) mass is 394 g/mol. The van der Waals surface area contributed by atoms with E-state index in [0.29, 0.717) is 17.5 Å². The molecule has 1 aliphatic rings. The average Bonchev–Trinajstić information content (AvgIpc) is 2.76. The lowest BCUT2D eigenvalue weighted by Crippen LogP contribution is -2.39. The summed E-state index contributed by atoms with van der Waals surface area (Å²) in [5.74, 6) is 0. The van der Waals surface area contributed by atoms with Crippen molar-refractivity contribution in [2.24, 2.45) is 0 Å². The molecule has 21 heavy (non-hydrogen) atoms. The van der Waals surface area contributed by atoms with E-state index in [1.165, 1.54) is 30.6 Å². The molecule has 1 aromatic rings. The Morgan fingerprint density at radius 2 is 2.24 bits per heavy atom. The first kappa shape index (κ1) is 17.4. The van der Waals surface area contributed by atoms with Crippen LogP contribution in [0.5, 0.6) is 0 Å². The highest BCUT2D eigenvalue weighted by Crippen LogP contribution is 2.29. The first-order valence-corrected chi connectivity index (χ1v) is 10.5. The molecule has 1 atom stereocenters. The average molecular weight is 395 g/mol. The predicted octanol–water partition coefficient (Wildman–Crippen LogP) is 3.36. The van der Waals surface area contributed by atoms with Crippen molar-refractivity contribution >= 4 is 37.3 Å². The van der Waals surface area contributed by atoms with Gasteiger partial charge >= 0.3 is 0 Å². The summed E-state index contributed by atoms with van der Waals surface area (Å²) in [5.41, 5.74) is 0. The van der Waals surface area contributed by atoms with Crippen molar-refractivity contribution in [3.05, 3.63) is 14.7 Å². The van der Waals surface area contributed by atoms with E-state index in [-0.39, 0.29) is 0 Å². The van der Waals surface area contributed by atoms with E-state index < -0.39 is 10.0 Å². The van der Waals surface area contributed by atoms with Crippen LogP contribution in [-0.2, 0) is 10.0 Å². The molecular formula is C14H23BrN2O2S2. The molecule has 0 aromatic carbocycles. The van der Waals surface area contributed by atoms with Crippen LogP contribution in [0.1, 0.15) is 37.5 Å². The molecule has 7 heteroatoms. The van der Waals surface area contributed by atoms with Crippen molar-refractivity contribution in [2.75, 3.05) is 19.6 Å². The van der Waals surface area contributed by atoms with Gasteiger partial charge in [0.05, 0.1) is 8.68 Å². The molecule has 0 saturated carbocycles. The Morgan fingerprint density at radius 3 is 2.86 bits per heavy atom. The third kappa shape index (κ3) is 4.76. The van der Waals surface area contributed by atoms with Crippen LogP contribution in [0, 0.1) is 6.92 Å². The van der Waals surface area contributed by atoms with E-state index in [4.69, 9.17) is 0 Å². The summed E-state index contributed by atoms with van der Waals surface area (Å²) in [4.78, 5) is 3.68. The van der Waals surface area contributed by atoms with Crippen molar-refractivity contribution in [3.8, 4) is 0 Å².